The van der Waals surface area contributed by atoms with E-state index in [1.54, 1.807) is 7.11 Å². The van der Waals surface area contributed by atoms with Crippen LogP contribution in [0.25, 0.3) is 10.9 Å². The molecule has 0 saturated heterocycles. The Balaban J connectivity index is 2.06. The first-order valence-corrected chi connectivity index (χ1v) is 6.93. The predicted octanol–water partition coefficient (Wildman–Crippen LogP) is 4.66. The second-order valence-corrected chi connectivity index (χ2v) is 5.34. The molecule has 0 aliphatic heterocycles. The molecule has 0 unspecified atom stereocenters. The Morgan fingerprint density at radius 1 is 1.15 bits per heavy atom. The summed E-state index contributed by atoms with van der Waals surface area (Å²) >= 11 is 6.09. The van der Waals surface area contributed by atoms with Crippen LogP contribution < -0.4 is 4.74 Å². The van der Waals surface area contributed by atoms with Gasteiger partial charge in [-0.2, -0.15) is 0 Å². The fraction of sp³-hybridized carbons (Fsp3) is 0.176. The van der Waals surface area contributed by atoms with Crippen molar-refractivity contribution in [2.45, 2.75) is 13.5 Å². The first kappa shape index (κ1) is 13.1. The molecule has 0 spiro atoms. The van der Waals surface area contributed by atoms with E-state index < -0.39 is 0 Å². The molecule has 3 heteroatoms. The zero-order valence-corrected chi connectivity index (χ0v) is 12.3. The van der Waals surface area contributed by atoms with Gasteiger partial charge in [0.2, 0.25) is 0 Å². The molecule has 0 aliphatic rings. The van der Waals surface area contributed by atoms with E-state index in [1.165, 1.54) is 16.5 Å². The van der Waals surface area contributed by atoms with Gasteiger partial charge < -0.3 is 9.30 Å². The van der Waals surface area contributed by atoms with Crippen molar-refractivity contribution < 1.29 is 4.74 Å². The van der Waals surface area contributed by atoms with Crippen molar-refractivity contribution in [3.05, 3.63) is 64.8 Å². The van der Waals surface area contributed by atoms with Gasteiger partial charge in [0.25, 0.3) is 0 Å². The summed E-state index contributed by atoms with van der Waals surface area (Å²) in [6.07, 6.45) is 2.11. The van der Waals surface area contributed by atoms with Crippen molar-refractivity contribution in [3.8, 4) is 5.75 Å². The molecule has 2 nitrogen and oxygen atoms in total. The van der Waals surface area contributed by atoms with E-state index in [2.05, 4.69) is 42.0 Å². The lowest BCUT2D eigenvalue weighted by atomic mass is 10.1. The molecule has 2 aromatic carbocycles. The quantitative estimate of drug-likeness (QED) is 0.683. The summed E-state index contributed by atoms with van der Waals surface area (Å²) in [5.41, 5.74) is 3.60. The van der Waals surface area contributed by atoms with Crippen molar-refractivity contribution in [2.24, 2.45) is 0 Å². The number of hydrogen-bond donors (Lipinski definition) is 0. The van der Waals surface area contributed by atoms with Gasteiger partial charge in [0, 0.05) is 27.7 Å². The molecule has 0 aliphatic carbocycles. The smallest absolute Gasteiger partial charge is 0.123 e. The number of nitrogens with zero attached hydrogens (tertiary/aromatic N) is 1. The van der Waals surface area contributed by atoms with Gasteiger partial charge in [0.05, 0.1) is 13.7 Å². The van der Waals surface area contributed by atoms with Gasteiger partial charge >= 0.3 is 0 Å². The molecule has 3 aromatic rings. The third kappa shape index (κ3) is 2.27. The molecule has 102 valence electrons. The van der Waals surface area contributed by atoms with Crippen LogP contribution in [0.3, 0.4) is 0 Å². The standard InChI is InChI=1S/C17H16ClNO/c1-12-4-3-5-16-15(12)8-9-19(16)11-13-10-14(18)6-7-17(13)20-2/h3-10H,11H2,1-2H3. The SMILES string of the molecule is COc1ccc(Cl)cc1Cn1ccc2c(C)cccc21. The Labute approximate surface area is 123 Å². The molecule has 20 heavy (non-hydrogen) atoms. The normalized spacial score (nSPS) is 10.9. The van der Waals surface area contributed by atoms with Crippen molar-refractivity contribution in [1.29, 1.82) is 0 Å². The lowest BCUT2D eigenvalue weighted by molar-refractivity contribution is 0.408. The maximum Gasteiger partial charge on any atom is 0.123 e. The van der Waals surface area contributed by atoms with Crippen LogP contribution in [0, 0.1) is 6.92 Å². The largest absolute Gasteiger partial charge is 0.496 e. The monoisotopic (exact) mass is 285 g/mol. The molecule has 1 aromatic heterocycles. The second kappa shape index (κ2) is 5.22. The van der Waals surface area contributed by atoms with Crippen LogP contribution in [0.2, 0.25) is 5.02 Å². The molecule has 0 fully saturated rings. The topological polar surface area (TPSA) is 14.2 Å². The molecule has 0 saturated carbocycles. The number of benzene rings is 2. The van der Waals surface area contributed by atoms with Gasteiger partial charge in [-0.05, 0) is 42.8 Å². The summed E-state index contributed by atoms with van der Waals surface area (Å²) in [4.78, 5) is 0. The number of aromatic nitrogens is 1. The highest BCUT2D eigenvalue weighted by Gasteiger charge is 2.08. The maximum absolute atomic E-state index is 6.09. The molecular weight excluding hydrogens is 270 g/mol. The number of ether oxygens (including phenoxy) is 1. The highest BCUT2D eigenvalue weighted by molar-refractivity contribution is 6.30. The van der Waals surface area contributed by atoms with E-state index in [4.69, 9.17) is 16.3 Å². The van der Waals surface area contributed by atoms with Crippen LogP contribution in [0.5, 0.6) is 5.75 Å². The van der Waals surface area contributed by atoms with Gasteiger partial charge in [0.15, 0.2) is 0 Å². The Kier molecular flexibility index (Phi) is 3.41. The van der Waals surface area contributed by atoms with E-state index in [-0.39, 0.29) is 0 Å². The van der Waals surface area contributed by atoms with Gasteiger partial charge in [0.1, 0.15) is 5.75 Å². The predicted molar refractivity (Wildman–Crippen MR) is 83.8 cm³/mol. The first-order chi connectivity index (χ1) is 9.69. The number of methoxy groups -OCH3 is 1. The summed E-state index contributed by atoms with van der Waals surface area (Å²) in [6.45, 7) is 2.88. The Bertz CT molecular complexity index is 761. The lowest BCUT2D eigenvalue weighted by Crippen LogP contribution is -2.00. The second-order valence-electron chi connectivity index (χ2n) is 4.91. The van der Waals surface area contributed by atoms with Gasteiger partial charge in [-0.25, -0.2) is 0 Å². The molecule has 0 amide bonds. The van der Waals surface area contributed by atoms with Gasteiger partial charge in [-0.15, -0.1) is 0 Å². The van der Waals surface area contributed by atoms with Crippen LogP contribution in [-0.2, 0) is 6.54 Å². The van der Waals surface area contributed by atoms with Crippen LogP contribution >= 0.6 is 11.6 Å². The zero-order chi connectivity index (χ0) is 14.1. The molecule has 1 heterocycles. The number of rotatable bonds is 3. The summed E-state index contributed by atoms with van der Waals surface area (Å²) in [5, 5.41) is 2.02. The number of fused-ring (bicyclic) bond motifs is 1. The Hall–Kier alpha value is -1.93. The van der Waals surface area contributed by atoms with Crippen LogP contribution in [-0.4, -0.2) is 11.7 Å². The average Bonchev–Trinajstić information content (AvgIpc) is 2.84. The van der Waals surface area contributed by atoms with Crippen molar-refractivity contribution in [3.63, 3.8) is 0 Å². The van der Waals surface area contributed by atoms with E-state index in [1.807, 2.05) is 18.2 Å². The van der Waals surface area contributed by atoms with Gasteiger partial charge in [-0.3, -0.25) is 0 Å². The van der Waals surface area contributed by atoms with E-state index in [0.29, 0.717) is 0 Å². The fourth-order valence-corrected chi connectivity index (χ4v) is 2.76. The lowest BCUT2D eigenvalue weighted by Gasteiger charge is -2.11. The van der Waals surface area contributed by atoms with E-state index in [0.717, 1.165) is 22.9 Å². The van der Waals surface area contributed by atoms with E-state index in [9.17, 15) is 0 Å². The van der Waals surface area contributed by atoms with Crippen LogP contribution in [0.15, 0.2) is 48.7 Å². The average molecular weight is 286 g/mol. The van der Waals surface area contributed by atoms with Crippen molar-refractivity contribution in [1.82, 2.24) is 4.57 Å². The van der Waals surface area contributed by atoms with E-state index >= 15 is 0 Å². The first-order valence-electron chi connectivity index (χ1n) is 6.56. The Morgan fingerprint density at radius 3 is 2.80 bits per heavy atom. The molecular formula is C17H16ClNO. The highest BCUT2D eigenvalue weighted by Crippen LogP contribution is 2.26. The molecule has 0 bridgehead atoms. The molecule has 0 radical (unpaired) electrons. The number of hydrogen-bond acceptors (Lipinski definition) is 1. The third-order valence-electron chi connectivity index (χ3n) is 3.61. The minimum absolute atomic E-state index is 0.730. The van der Waals surface area contributed by atoms with Crippen LogP contribution in [0.1, 0.15) is 11.1 Å². The number of halogens is 1. The summed E-state index contributed by atoms with van der Waals surface area (Å²) < 4.78 is 7.63. The molecule has 0 N–H and O–H groups in total. The summed E-state index contributed by atoms with van der Waals surface area (Å²) in [7, 11) is 1.69. The van der Waals surface area contributed by atoms with Gasteiger partial charge in [-0.1, -0.05) is 23.7 Å². The number of aryl methyl sites for hydroxylation is 1. The molecule has 3 rings (SSSR count). The van der Waals surface area contributed by atoms with Crippen molar-refractivity contribution in [2.75, 3.05) is 7.11 Å². The van der Waals surface area contributed by atoms with Crippen LogP contribution in [0.4, 0.5) is 0 Å². The highest BCUT2D eigenvalue weighted by atomic mass is 35.5. The van der Waals surface area contributed by atoms with Crippen molar-refractivity contribution >= 4 is 22.5 Å². The maximum atomic E-state index is 6.09. The minimum atomic E-state index is 0.730. The third-order valence-corrected chi connectivity index (χ3v) is 3.85. The Morgan fingerprint density at radius 2 is 2.00 bits per heavy atom. The summed E-state index contributed by atoms with van der Waals surface area (Å²) in [5.74, 6) is 0.865. The summed E-state index contributed by atoms with van der Waals surface area (Å²) in [6, 6.07) is 14.2. The zero-order valence-electron chi connectivity index (χ0n) is 11.6. The molecule has 0 atom stereocenters. The fourth-order valence-electron chi connectivity index (χ4n) is 2.57. The minimum Gasteiger partial charge on any atom is -0.496 e.